The molecule has 0 atom stereocenters. The molecule has 0 amide bonds. The van der Waals surface area contributed by atoms with Crippen LogP contribution in [0.3, 0.4) is 0 Å². The third-order valence-electron chi connectivity index (χ3n) is 2.09. The standard InChI is InChI=1S/C11H12N2S2/c1-14-9-4-2-8(3-5-9)11-13-7-10(6-12)15-11/h2-5,7H,6,12H2,1H3. The molecule has 0 spiro atoms. The Balaban J connectivity index is 2.28. The van der Waals surface area contributed by atoms with E-state index in [4.69, 9.17) is 5.73 Å². The Bertz CT molecular complexity index is 434. The Morgan fingerprint density at radius 3 is 2.60 bits per heavy atom. The van der Waals surface area contributed by atoms with Crippen LogP contribution in [-0.2, 0) is 6.54 Å². The monoisotopic (exact) mass is 236 g/mol. The Morgan fingerprint density at radius 2 is 2.07 bits per heavy atom. The minimum atomic E-state index is 0.570. The molecule has 0 aliphatic heterocycles. The lowest BCUT2D eigenvalue weighted by atomic mass is 10.2. The van der Waals surface area contributed by atoms with E-state index >= 15 is 0 Å². The van der Waals surface area contributed by atoms with E-state index in [2.05, 4.69) is 35.5 Å². The van der Waals surface area contributed by atoms with Crippen molar-refractivity contribution in [2.75, 3.05) is 6.26 Å². The SMILES string of the molecule is CSc1ccc(-c2ncc(CN)s2)cc1. The van der Waals surface area contributed by atoms with Gasteiger partial charge in [-0.2, -0.15) is 0 Å². The lowest BCUT2D eigenvalue weighted by molar-refractivity contribution is 1.10. The molecule has 0 saturated carbocycles. The quantitative estimate of drug-likeness (QED) is 0.833. The van der Waals surface area contributed by atoms with Gasteiger partial charge in [0.05, 0.1) is 0 Å². The normalized spacial score (nSPS) is 10.5. The third-order valence-corrected chi connectivity index (χ3v) is 3.90. The van der Waals surface area contributed by atoms with E-state index < -0.39 is 0 Å². The fourth-order valence-corrected chi connectivity index (χ4v) is 2.47. The van der Waals surface area contributed by atoms with Gasteiger partial charge in [0.2, 0.25) is 0 Å². The molecule has 2 N–H and O–H groups in total. The maximum Gasteiger partial charge on any atom is 0.123 e. The number of nitrogens with two attached hydrogens (primary N) is 1. The van der Waals surface area contributed by atoms with E-state index in [0.29, 0.717) is 6.54 Å². The lowest BCUT2D eigenvalue weighted by Crippen LogP contribution is -1.91. The Morgan fingerprint density at radius 1 is 1.33 bits per heavy atom. The summed E-state index contributed by atoms with van der Waals surface area (Å²) < 4.78 is 0. The summed E-state index contributed by atoms with van der Waals surface area (Å²) >= 11 is 3.40. The van der Waals surface area contributed by atoms with Crippen LogP contribution in [0.2, 0.25) is 0 Å². The molecular formula is C11H12N2S2. The molecule has 1 heterocycles. The summed E-state index contributed by atoms with van der Waals surface area (Å²) in [6.07, 6.45) is 3.92. The maximum atomic E-state index is 5.55. The minimum absolute atomic E-state index is 0.570. The number of rotatable bonds is 3. The van der Waals surface area contributed by atoms with Crippen LogP contribution < -0.4 is 5.73 Å². The van der Waals surface area contributed by atoms with E-state index in [-0.39, 0.29) is 0 Å². The van der Waals surface area contributed by atoms with Gasteiger partial charge in [0.15, 0.2) is 0 Å². The van der Waals surface area contributed by atoms with Crippen LogP contribution in [0.1, 0.15) is 4.88 Å². The van der Waals surface area contributed by atoms with Gasteiger partial charge < -0.3 is 5.73 Å². The molecule has 1 aromatic carbocycles. The highest BCUT2D eigenvalue weighted by molar-refractivity contribution is 7.98. The van der Waals surface area contributed by atoms with Crippen molar-refractivity contribution in [3.63, 3.8) is 0 Å². The summed E-state index contributed by atoms with van der Waals surface area (Å²) in [7, 11) is 0. The first-order valence-corrected chi connectivity index (χ1v) is 6.67. The van der Waals surface area contributed by atoms with Crippen LogP contribution in [-0.4, -0.2) is 11.2 Å². The van der Waals surface area contributed by atoms with Crippen molar-refractivity contribution in [1.82, 2.24) is 4.98 Å². The predicted molar refractivity (Wildman–Crippen MR) is 67.2 cm³/mol. The van der Waals surface area contributed by atoms with Gasteiger partial charge in [0.1, 0.15) is 5.01 Å². The number of hydrogen-bond donors (Lipinski definition) is 1. The molecule has 0 unspecified atom stereocenters. The summed E-state index contributed by atoms with van der Waals surface area (Å²) in [6.45, 7) is 0.570. The molecule has 0 fully saturated rings. The molecule has 2 nitrogen and oxygen atoms in total. The summed E-state index contributed by atoms with van der Waals surface area (Å²) in [4.78, 5) is 6.74. The molecule has 2 rings (SSSR count). The van der Waals surface area contributed by atoms with E-state index in [9.17, 15) is 0 Å². The molecular weight excluding hydrogens is 224 g/mol. The number of thioether (sulfide) groups is 1. The van der Waals surface area contributed by atoms with Gasteiger partial charge in [-0.15, -0.1) is 23.1 Å². The molecule has 0 aliphatic rings. The second kappa shape index (κ2) is 4.79. The van der Waals surface area contributed by atoms with Gasteiger partial charge in [-0.3, -0.25) is 0 Å². The second-order valence-corrected chi connectivity index (χ2v) is 5.06. The van der Waals surface area contributed by atoms with Crippen molar-refractivity contribution in [2.24, 2.45) is 5.73 Å². The fourth-order valence-electron chi connectivity index (χ4n) is 1.27. The highest BCUT2D eigenvalue weighted by atomic mass is 32.2. The van der Waals surface area contributed by atoms with Gasteiger partial charge in [-0.05, 0) is 18.4 Å². The van der Waals surface area contributed by atoms with E-state index in [1.54, 1.807) is 23.1 Å². The summed E-state index contributed by atoms with van der Waals surface area (Å²) in [5, 5.41) is 1.04. The van der Waals surface area contributed by atoms with Crippen molar-refractivity contribution in [3.05, 3.63) is 35.3 Å². The third kappa shape index (κ3) is 2.40. The Hall–Kier alpha value is -0.840. The highest BCUT2D eigenvalue weighted by Gasteiger charge is 2.03. The molecule has 78 valence electrons. The largest absolute Gasteiger partial charge is 0.326 e. The van der Waals surface area contributed by atoms with E-state index in [1.807, 2.05) is 6.20 Å². The van der Waals surface area contributed by atoms with Crippen molar-refractivity contribution < 1.29 is 0 Å². The van der Waals surface area contributed by atoms with Crippen LogP contribution in [0.4, 0.5) is 0 Å². The number of aromatic nitrogens is 1. The molecule has 0 aliphatic carbocycles. The fraction of sp³-hybridized carbons (Fsp3) is 0.182. The average Bonchev–Trinajstić information content (AvgIpc) is 2.78. The van der Waals surface area contributed by atoms with Crippen molar-refractivity contribution >= 4 is 23.1 Å². The molecule has 0 radical (unpaired) electrons. The van der Waals surface area contributed by atoms with Gasteiger partial charge in [0, 0.05) is 28.1 Å². The van der Waals surface area contributed by atoms with Crippen LogP contribution in [0, 0.1) is 0 Å². The zero-order valence-corrected chi connectivity index (χ0v) is 10.1. The summed E-state index contributed by atoms with van der Waals surface area (Å²) in [5.41, 5.74) is 6.72. The smallest absolute Gasteiger partial charge is 0.123 e. The molecule has 0 saturated heterocycles. The second-order valence-electron chi connectivity index (χ2n) is 3.06. The molecule has 2 aromatic rings. The van der Waals surface area contributed by atoms with Crippen molar-refractivity contribution in [2.45, 2.75) is 11.4 Å². The summed E-state index contributed by atoms with van der Waals surface area (Å²) in [5.74, 6) is 0. The van der Waals surface area contributed by atoms with Crippen LogP contribution in [0.5, 0.6) is 0 Å². The average molecular weight is 236 g/mol. The van der Waals surface area contributed by atoms with Crippen molar-refractivity contribution in [3.8, 4) is 10.6 Å². The first kappa shape index (κ1) is 10.7. The first-order valence-electron chi connectivity index (χ1n) is 4.62. The van der Waals surface area contributed by atoms with E-state index in [0.717, 1.165) is 15.4 Å². The van der Waals surface area contributed by atoms with Gasteiger partial charge in [0.25, 0.3) is 0 Å². The zero-order valence-electron chi connectivity index (χ0n) is 8.43. The predicted octanol–water partition coefficient (Wildman–Crippen LogP) is 2.99. The first-order chi connectivity index (χ1) is 7.33. The Kier molecular flexibility index (Phi) is 3.41. The molecule has 15 heavy (non-hydrogen) atoms. The number of thiazole rings is 1. The number of nitrogens with zero attached hydrogens (tertiary/aromatic N) is 1. The topological polar surface area (TPSA) is 38.9 Å². The van der Waals surface area contributed by atoms with Crippen LogP contribution in [0.25, 0.3) is 10.6 Å². The maximum absolute atomic E-state index is 5.55. The number of benzene rings is 1. The summed E-state index contributed by atoms with van der Waals surface area (Å²) in [6, 6.07) is 8.43. The van der Waals surface area contributed by atoms with Crippen molar-refractivity contribution in [1.29, 1.82) is 0 Å². The molecule has 4 heteroatoms. The van der Waals surface area contributed by atoms with Gasteiger partial charge in [-0.25, -0.2) is 4.98 Å². The van der Waals surface area contributed by atoms with Crippen LogP contribution >= 0.6 is 23.1 Å². The zero-order chi connectivity index (χ0) is 10.7. The van der Waals surface area contributed by atoms with Crippen LogP contribution in [0.15, 0.2) is 35.4 Å². The molecule has 0 bridgehead atoms. The highest BCUT2D eigenvalue weighted by Crippen LogP contribution is 2.26. The Labute approximate surface area is 97.5 Å². The van der Waals surface area contributed by atoms with Gasteiger partial charge in [-0.1, -0.05) is 12.1 Å². The minimum Gasteiger partial charge on any atom is -0.326 e. The van der Waals surface area contributed by atoms with E-state index in [1.165, 1.54) is 4.90 Å². The lowest BCUT2D eigenvalue weighted by Gasteiger charge is -1.98. The van der Waals surface area contributed by atoms with Gasteiger partial charge >= 0.3 is 0 Å². The number of hydrogen-bond acceptors (Lipinski definition) is 4. The molecule has 1 aromatic heterocycles.